The number of benzene rings is 1. The highest BCUT2D eigenvalue weighted by Crippen LogP contribution is 2.38. The minimum Gasteiger partial charge on any atom is -0.483 e. The molecule has 0 radical (unpaired) electrons. The van der Waals surface area contributed by atoms with Crippen LogP contribution in [0.25, 0.3) is 5.70 Å². The molecule has 2 aromatic rings. The Hall–Kier alpha value is -2.62. The Labute approximate surface area is 179 Å². The lowest BCUT2D eigenvalue weighted by Crippen LogP contribution is -2.40. The molecule has 0 unspecified atom stereocenters. The number of ether oxygens (including phenoxy) is 1. The molecule has 0 bridgehead atoms. The molecule has 0 spiro atoms. The van der Waals surface area contributed by atoms with Gasteiger partial charge in [-0.3, -0.25) is 9.36 Å². The lowest BCUT2D eigenvalue weighted by molar-refractivity contribution is 0.157. The topological polar surface area (TPSA) is 64.2 Å². The molecule has 0 fully saturated rings. The van der Waals surface area contributed by atoms with Gasteiger partial charge in [-0.15, -0.1) is 0 Å². The second-order valence-corrected chi connectivity index (χ2v) is 14.7. The number of nitriles is 1. The summed E-state index contributed by atoms with van der Waals surface area (Å²) in [7, 11) is -1.90. The van der Waals surface area contributed by atoms with Crippen molar-refractivity contribution in [1.29, 1.82) is 5.26 Å². The largest absolute Gasteiger partial charge is 0.483 e. The fourth-order valence-corrected chi connectivity index (χ4v) is 4.06. The average Bonchev–Trinajstić information content (AvgIpc) is 2.64. The molecule has 0 N–H and O–H groups in total. The number of nitrogens with zero attached hydrogens (tertiary/aromatic N) is 2. The second kappa shape index (κ2) is 7.57. The van der Waals surface area contributed by atoms with Gasteiger partial charge in [-0.05, 0) is 67.9 Å². The van der Waals surface area contributed by atoms with Crippen LogP contribution in [-0.2, 0) is 11.0 Å². The van der Waals surface area contributed by atoms with Crippen LogP contribution in [0, 0.1) is 11.3 Å². The van der Waals surface area contributed by atoms with Crippen molar-refractivity contribution in [3.63, 3.8) is 0 Å². The molecule has 5 nitrogen and oxygen atoms in total. The SMILES string of the molecule is CC1(C)C=C(n2ccc(CO[Si](C)(C)C(C)(C)C)cc2=O)c2cc(C#N)ccc2O1. The zero-order chi connectivity index (χ0) is 22.3. The monoisotopic (exact) mass is 422 g/mol. The maximum Gasteiger partial charge on any atom is 0.255 e. The summed E-state index contributed by atoms with van der Waals surface area (Å²) in [5.74, 6) is 0.661. The van der Waals surface area contributed by atoms with Crippen LogP contribution in [0.3, 0.4) is 0 Å². The molecule has 6 heteroatoms. The molecule has 1 aliphatic rings. The summed E-state index contributed by atoms with van der Waals surface area (Å²) in [6.45, 7) is 15.3. The lowest BCUT2D eigenvalue weighted by atomic mass is 9.97. The highest BCUT2D eigenvalue weighted by Gasteiger charge is 2.37. The van der Waals surface area contributed by atoms with Gasteiger partial charge >= 0.3 is 0 Å². The Balaban J connectivity index is 1.96. The van der Waals surface area contributed by atoms with Gasteiger partial charge in [0.15, 0.2) is 8.32 Å². The second-order valence-electron chi connectivity index (χ2n) is 9.85. The van der Waals surface area contributed by atoms with Crippen LogP contribution in [0.2, 0.25) is 18.1 Å². The minimum atomic E-state index is -1.90. The number of fused-ring (bicyclic) bond motifs is 1. The van der Waals surface area contributed by atoms with E-state index in [9.17, 15) is 10.1 Å². The summed E-state index contributed by atoms with van der Waals surface area (Å²) < 4.78 is 13.9. The molecule has 0 saturated heterocycles. The lowest BCUT2D eigenvalue weighted by Gasteiger charge is -2.36. The molecular weight excluding hydrogens is 392 g/mol. The third-order valence-electron chi connectivity index (χ3n) is 5.89. The van der Waals surface area contributed by atoms with Gasteiger partial charge in [0.25, 0.3) is 5.56 Å². The zero-order valence-corrected chi connectivity index (χ0v) is 19.9. The van der Waals surface area contributed by atoms with Crippen LogP contribution in [0.15, 0.2) is 47.4 Å². The van der Waals surface area contributed by atoms with E-state index in [1.165, 1.54) is 0 Å². The molecule has 2 heterocycles. The summed E-state index contributed by atoms with van der Waals surface area (Å²) >= 11 is 0. The molecule has 1 aromatic heterocycles. The van der Waals surface area contributed by atoms with Crippen molar-refractivity contribution in [1.82, 2.24) is 4.57 Å². The molecule has 0 amide bonds. The fraction of sp³-hybridized carbons (Fsp3) is 0.417. The quantitative estimate of drug-likeness (QED) is 0.627. The fourth-order valence-electron chi connectivity index (χ4n) is 3.10. The molecule has 1 aliphatic heterocycles. The molecule has 158 valence electrons. The number of hydrogen-bond acceptors (Lipinski definition) is 4. The highest BCUT2D eigenvalue weighted by molar-refractivity contribution is 6.74. The van der Waals surface area contributed by atoms with Gasteiger partial charge in [-0.2, -0.15) is 5.26 Å². The van der Waals surface area contributed by atoms with Crippen molar-refractivity contribution in [3.05, 3.63) is 69.6 Å². The first-order valence-corrected chi connectivity index (χ1v) is 13.1. The summed E-state index contributed by atoms with van der Waals surface area (Å²) in [5.41, 5.74) is 2.14. The van der Waals surface area contributed by atoms with Crippen molar-refractivity contribution in [2.75, 3.05) is 0 Å². The van der Waals surface area contributed by atoms with E-state index in [1.807, 2.05) is 26.0 Å². The van der Waals surface area contributed by atoms with Crippen LogP contribution in [0.5, 0.6) is 5.75 Å². The maximum absolute atomic E-state index is 13.0. The van der Waals surface area contributed by atoms with Crippen molar-refractivity contribution >= 4 is 14.0 Å². The van der Waals surface area contributed by atoms with Crippen LogP contribution in [-0.4, -0.2) is 18.5 Å². The molecule has 0 aliphatic carbocycles. The number of pyridine rings is 1. The normalized spacial score (nSPS) is 15.6. The van der Waals surface area contributed by atoms with E-state index in [4.69, 9.17) is 9.16 Å². The van der Waals surface area contributed by atoms with Crippen molar-refractivity contribution in [2.24, 2.45) is 0 Å². The standard InChI is InChI=1S/C24H30N2O3Si/c1-23(2,3)30(6,7)28-16-18-10-11-26(22(27)13-18)20-14-24(4,5)29-21-9-8-17(15-25)12-19(20)21/h8-14H,16H2,1-7H3. The smallest absolute Gasteiger partial charge is 0.255 e. The van der Waals surface area contributed by atoms with Gasteiger partial charge in [-0.25, -0.2) is 0 Å². The van der Waals surface area contributed by atoms with E-state index >= 15 is 0 Å². The summed E-state index contributed by atoms with van der Waals surface area (Å²) in [6, 6.07) is 11.0. The summed E-state index contributed by atoms with van der Waals surface area (Å²) in [4.78, 5) is 13.0. The Morgan fingerprint density at radius 2 is 1.90 bits per heavy atom. The van der Waals surface area contributed by atoms with Crippen LogP contribution < -0.4 is 10.3 Å². The third-order valence-corrected chi connectivity index (χ3v) is 10.4. The molecular formula is C24H30N2O3Si. The van der Waals surface area contributed by atoms with Crippen LogP contribution >= 0.6 is 0 Å². The van der Waals surface area contributed by atoms with Gasteiger partial charge in [0.1, 0.15) is 11.4 Å². The van der Waals surface area contributed by atoms with Crippen molar-refractivity contribution < 1.29 is 9.16 Å². The predicted octanol–water partition coefficient (Wildman–Crippen LogP) is 5.30. The van der Waals surface area contributed by atoms with Crippen LogP contribution in [0.1, 0.15) is 51.3 Å². The number of aromatic nitrogens is 1. The molecule has 30 heavy (non-hydrogen) atoms. The zero-order valence-electron chi connectivity index (χ0n) is 18.9. The van der Waals surface area contributed by atoms with Gasteiger partial charge in [0.05, 0.1) is 23.9 Å². The van der Waals surface area contributed by atoms with E-state index in [2.05, 4.69) is 39.9 Å². The first kappa shape index (κ1) is 22.1. The maximum atomic E-state index is 13.0. The van der Waals surface area contributed by atoms with Gasteiger partial charge < -0.3 is 9.16 Å². The molecule has 0 saturated carbocycles. The summed E-state index contributed by atoms with van der Waals surface area (Å²) in [5, 5.41) is 9.40. The first-order chi connectivity index (χ1) is 13.8. The Bertz CT molecular complexity index is 1100. The predicted molar refractivity (Wildman–Crippen MR) is 122 cm³/mol. The molecule has 1 aromatic carbocycles. The number of rotatable bonds is 4. The van der Waals surface area contributed by atoms with Gasteiger partial charge in [0, 0.05) is 17.8 Å². The molecule has 0 atom stereocenters. The van der Waals surface area contributed by atoms with Crippen LogP contribution in [0.4, 0.5) is 0 Å². The Kier molecular flexibility index (Phi) is 5.57. The molecule has 3 rings (SSSR count). The summed E-state index contributed by atoms with van der Waals surface area (Å²) in [6.07, 6.45) is 3.70. The van der Waals surface area contributed by atoms with E-state index in [1.54, 1.807) is 35.0 Å². The highest BCUT2D eigenvalue weighted by atomic mass is 28.4. The first-order valence-electron chi connectivity index (χ1n) is 10.2. The van der Waals surface area contributed by atoms with Gasteiger partial charge in [0.2, 0.25) is 0 Å². The van der Waals surface area contributed by atoms with E-state index < -0.39 is 13.9 Å². The number of hydrogen-bond donors (Lipinski definition) is 0. The van der Waals surface area contributed by atoms with E-state index in [-0.39, 0.29) is 10.6 Å². The third kappa shape index (κ3) is 4.42. The van der Waals surface area contributed by atoms with E-state index in [0.29, 0.717) is 17.9 Å². The Morgan fingerprint density at radius 3 is 2.50 bits per heavy atom. The Morgan fingerprint density at radius 1 is 1.20 bits per heavy atom. The van der Waals surface area contributed by atoms with Gasteiger partial charge in [-0.1, -0.05) is 20.8 Å². The van der Waals surface area contributed by atoms with Crippen molar-refractivity contribution in [3.8, 4) is 11.8 Å². The average molecular weight is 423 g/mol. The minimum absolute atomic E-state index is 0.114. The van der Waals surface area contributed by atoms with E-state index in [0.717, 1.165) is 16.8 Å². The van der Waals surface area contributed by atoms with Crippen molar-refractivity contribution in [2.45, 2.75) is 65.0 Å².